The van der Waals surface area contributed by atoms with Crippen LogP contribution >= 0.6 is 0 Å². The highest BCUT2D eigenvalue weighted by Crippen LogP contribution is 2.01. The first-order valence-corrected chi connectivity index (χ1v) is 6.03. The smallest absolute Gasteiger partial charge is 0.252 e. The van der Waals surface area contributed by atoms with Gasteiger partial charge in [0.05, 0.1) is 18.3 Å². The molecule has 102 valence electrons. The van der Waals surface area contributed by atoms with E-state index in [-0.39, 0.29) is 18.6 Å². The molecule has 1 rings (SSSR count). The van der Waals surface area contributed by atoms with Crippen LogP contribution in [0.1, 0.15) is 29.3 Å². The lowest BCUT2D eigenvalue weighted by atomic mass is 10.2. The van der Waals surface area contributed by atoms with Gasteiger partial charge in [-0.05, 0) is 13.0 Å². The first kappa shape index (κ1) is 15.2. The Morgan fingerprint density at radius 3 is 3.05 bits per heavy atom. The van der Waals surface area contributed by atoms with Crippen molar-refractivity contribution < 1.29 is 14.6 Å². The summed E-state index contributed by atoms with van der Waals surface area (Å²) in [6, 6.07) is 1.67. The number of aliphatic hydroxyl groups excluding tert-OH is 1. The normalized spacial score (nSPS) is 11.3. The summed E-state index contributed by atoms with van der Waals surface area (Å²) in [5.74, 6) is 5.42. The van der Waals surface area contributed by atoms with Crippen LogP contribution in [0, 0.1) is 11.8 Å². The maximum atomic E-state index is 11.9. The number of pyridine rings is 1. The van der Waals surface area contributed by atoms with Gasteiger partial charge in [0.1, 0.15) is 0 Å². The summed E-state index contributed by atoms with van der Waals surface area (Å²) < 4.78 is 5.05. The summed E-state index contributed by atoms with van der Waals surface area (Å²) in [6.07, 6.45) is 3.44. The zero-order valence-corrected chi connectivity index (χ0v) is 11.1. The Morgan fingerprint density at radius 1 is 1.58 bits per heavy atom. The Kier molecular flexibility index (Phi) is 6.58. The van der Waals surface area contributed by atoms with Crippen molar-refractivity contribution in [2.24, 2.45) is 0 Å². The van der Waals surface area contributed by atoms with Crippen molar-refractivity contribution in [3.05, 3.63) is 29.6 Å². The van der Waals surface area contributed by atoms with Gasteiger partial charge in [-0.25, -0.2) is 0 Å². The van der Waals surface area contributed by atoms with E-state index in [1.165, 1.54) is 6.20 Å². The number of aromatic nitrogens is 1. The summed E-state index contributed by atoms with van der Waals surface area (Å²) in [6.45, 7) is 2.33. The van der Waals surface area contributed by atoms with E-state index in [1.54, 1.807) is 19.4 Å². The van der Waals surface area contributed by atoms with E-state index in [1.807, 2.05) is 6.92 Å². The molecule has 0 fully saturated rings. The molecule has 1 aromatic rings. The second-order valence-electron chi connectivity index (χ2n) is 3.99. The van der Waals surface area contributed by atoms with Gasteiger partial charge < -0.3 is 15.2 Å². The van der Waals surface area contributed by atoms with Gasteiger partial charge in [-0.2, -0.15) is 0 Å². The maximum absolute atomic E-state index is 11.9. The summed E-state index contributed by atoms with van der Waals surface area (Å²) in [5, 5.41) is 11.4. The number of hydrogen-bond donors (Lipinski definition) is 2. The zero-order valence-electron chi connectivity index (χ0n) is 11.1. The van der Waals surface area contributed by atoms with Crippen LogP contribution in [0.15, 0.2) is 18.5 Å². The fourth-order valence-electron chi connectivity index (χ4n) is 1.27. The van der Waals surface area contributed by atoms with Gasteiger partial charge in [0, 0.05) is 38.0 Å². The number of methoxy groups -OCH3 is 1. The maximum Gasteiger partial charge on any atom is 0.252 e. The molecular formula is C14H18N2O3. The lowest BCUT2D eigenvalue weighted by Gasteiger charge is -2.10. The van der Waals surface area contributed by atoms with E-state index in [0.717, 1.165) is 0 Å². The number of carbonyl (C=O) groups excluding carboxylic acids is 1. The molecule has 0 spiro atoms. The molecule has 5 nitrogen and oxygen atoms in total. The van der Waals surface area contributed by atoms with Gasteiger partial charge >= 0.3 is 0 Å². The van der Waals surface area contributed by atoms with Crippen LogP contribution in [0.5, 0.6) is 0 Å². The zero-order chi connectivity index (χ0) is 14.1. The van der Waals surface area contributed by atoms with E-state index in [2.05, 4.69) is 22.1 Å². The molecule has 1 heterocycles. The van der Waals surface area contributed by atoms with Crippen molar-refractivity contribution in [1.82, 2.24) is 10.3 Å². The minimum absolute atomic E-state index is 0.0233. The quantitative estimate of drug-likeness (QED) is 0.761. The highest BCUT2D eigenvalue weighted by molar-refractivity contribution is 5.94. The van der Waals surface area contributed by atoms with E-state index in [4.69, 9.17) is 9.84 Å². The topological polar surface area (TPSA) is 71.5 Å². The molecule has 0 bridgehead atoms. The second kappa shape index (κ2) is 8.25. The molecule has 0 saturated heterocycles. The highest BCUT2D eigenvalue weighted by Gasteiger charge is 2.07. The Hall–Kier alpha value is -1.90. The van der Waals surface area contributed by atoms with Crippen LogP contribution in [0.3, 0.4) is 0 Å². The van der Waals surface area contributed by atoms with E-state index >= 15 is 0 Å². The summed E-state index contributed by atoms with van der Waals surface area (Å²) in [7, 11) is 1.59. The molecule has 0 aliphatic carbocycles. The van der Waals surface area contributed by atoms with Gasteiger partial charge in [0.15, 0.2) is 0 Å². The van der Waals surface area contributed by atoms with Crippen molar-refractivity contribution in [2.75, 3.05) is 20.3 Å². The first-order valence-electron chi connectivity index (χ1n) is 6.03. The highest BCUT2D eigenvalue weighted by atomic mass is 16.5. The van der Waals surface area contributed by atoms with Crippen LogP contribution < -0.4 is 5.32 Å². The predicted molar refractivity (Wildman–Crippen MR) is 71.6 cm³/mol. The number of nitrogens with one attached hydrogen (secondary N) is 1. The van der Waals surface area contributed by atoms with Crippen LogP contribution in [0.4, 0.5) is 0 Å². The fourth-order valence-corrected chi connectivity index (χ4v) is 1.27. The second-order valence-corrected chi connectivity index (χ2v) is 3.99. The largest absolute Gasteiger partial charge is 0.395 e. The van der Waals surface area contributed by atoms with Gasteiger partial charge in [-0.3, -0.25) is 9.78 Å². The summed E-state index contributed by atoms with van der Waals surface area (Å²) >= 11 is 0. The Balaban J connectivity index is 2.66. The lowest BCUT2D eigenvalue weighted by Crippen LogP contribution is -2.31. The molecule has 1 atom stereocenters. The number of ether oxygens (including phenoxy) is 1. The average Bonchev–Trinajstić information content (AvgIpc) is 2.45. The fraction of sp³-hybridized carbons (Fsp3) is 0.429. The third-order valence-electron chi connectivity index (χ3n) is 2.42. The minimum atomic E-state index is -0.206. The molecule has 0 aliphatic heterocycles. The van der Waals surface area contributed by atoms with Crippen LogP contribution in [-0.2, 0) is 4.74 Å². The van der Waals surface area contributed by atoms with Crippen molar-refractivity contribution in [2.45, 2.75) is 19.4 Å². The van der Waals surface area contributed by atoms with Crippen molar-refractivity contribution >= 4 is 5.91 Å². The Bertz CT molecular complexity index is 477. The van der Waals surface area contributed by atoms with Crippen LogP contribution in [0.25, 0.3) is 0 Å². The number of aliphatic hydroxyl groups is 1. The van der Waals surface area contributed by atoms with Gasteiger partial charge in [-0.1, -0.05) is 11.8 Å². The lowest BCUT2D eigenvalue weighted by molar-refractivity contribution is 0.0870. The minimum Gasteiger partial charge on any atom is -0.395 e. The number of amides is 1. The third kappa shape index (κ3) is 5.51. The molecular weight excluding hydrogens is 244 g/mol. The molecule has 1 aromatic heterocycles. The van der Waals surface area contributed by atoms with Crippen molar-refractivity contribution in [3.63, 3.8) is 0 Å². The van der Waals surface area contributed by atoms with E-state index in [0.29, 0.717) is 24.1 Å². The molecule has 19 heavy (non-hydrogen) atoms. The van der Waals surface area contributed by atoms with Gasteiger partial charge in [0.2, 0.25) is 0 Å². The summed E-state index contributed by atoms with van der Waals surface area (Å²) in [4.78, 5) is 15.8. The van der Waals surface area contributed by atoms with Gasteiger partial charge in [0.25, 0.3) is 5.91 Å². The summed E-state index contributed by atoms with van der Waals surface area (Å²) in [5.41, 5.74) is 1.11. The van der Waals surface area contributed by atoms with E-state index < -0.39 is 0 Å². The number of hydrogen-bond acceptors (Lipinski definition) is 4. The molecule has 5 heteroatoms. The monoisotopic (exact) mass is 262 g/mol. The predicted octanol–water partition coefficient (Wildman–Crippen LogP) is 0.580. The molecule has 0 aromatic carbocycles. The standard InChI is InChI=1S/C14H18N2O3/c1-11(19-2)8-16-14(18)13-7-12(9-15-10-13)5-3-4-6-17/h7,9-11,17H,4,6,8H2,1-2H3,(H,16,18). The van der Waals surface area contributed by atoms with E-state index in [9.17, 15) is 4.79 Å². The number of carbonyl (C=O) groups is 1. The average molecular weight is 262 g/mol. The number of nitrogens with zero attached hydrogens (tertiary/aromatic N) is 1. The molecule has 1 unspecified atom stereocenters. The molecule has 0 saturated carbocycles. The Morgan fingerprint density at radius 2 is 2.37 bits per heavy atom. The first-order chi connectivity index (χ1) is 9.17. The van der Waals surface area contributed by atoms with Crippen LogP contribution in [-0.4, -0.2) is 42.4 Å². The number of rotatable bonds is 5. The van der Waals surface area contributed by atoms with Crippen molar-refractivity contribution in [3.8, 4) is 11.8 Å². The molecule has 0 radical (unpaired) electrons. The third-order valence-corrected chi connectivity index (χ3v) is 2.42. The SMILES string of the molecule is COC(C)CNC(=O)c1cncc(C#CCCO)c1. The molecule has 0 aliphatic rings. The van der Waals surface area contributed by atoms with Crippen LogP contribution in [0.2, 0.25) is 0 Å². The van der Waals surface area contributed by atoms with Crippen molar-refractivity contribution in [1.29, 1.82) is 0 Å². The molecule has 1 amide bonds. The van der Waals surface area contributed by atoms with Gasteiger partial charge in [-0.15, -0.1) is 0 Å². The Labute approximate surface area is 113 Å². The molecule has 2 N–H and O–H groups in total.